The van der Waals surface area contributed by atoms with Crippen molar-refractivity contribution >= 4 is 15.8 Å². The van der Waals surface area contributed by atoms with Gasteiger partial charge in [-0.25, -0.2) is 0 Å². The van der Waals surface area contributed by atoms with Crippen LogP contribution in [-0.4, -0.2) is 34.2 Å². The number of hydrogen-bond acceptors (Lipinski definition) is 6. The minimum absolute atomic E-state index is 0.0905. The van der Waals surface area contributed by atoms with Crippen molar-refractivity contribution in [1.82, 2.24) is 0 Å². The first kappa shape index (κ1) is 20.7. The van der Waals surface area contributed by atoms with E-state index < -0.39 is 27.6 Å². The van der Waals surface area contributed by atoms with Gasteiger partial charge in [0.2, 0.25) is 0 Å². The van der Waals surface area contributed by atoms with Crippen molar-refractivity contribution in [3.63, 3.8) is 0 Å². The quantitative estimate of drug-likeness (QED) is 0.401. The van der Waals surface area contributed by atoms with E-state index in [2.05, 4.69) is 14.2 Å². The van der Waals surface area contributed by atoms with Crippen LogP contribution in [0.1, 0.15) is 11.1 Å². The molecule has 0 saturated heterocycles. The highest BCUT2D eigenvalue weighted by Crippen LogP contribution is 2.26. The lowest BCUT2D eigenvalue weighted by Gasteiger charge is -2.12. The van der Waals surface area contributed by atoms with E-state index in [4.69, 9.17) is 4.74 Å². The molecule has 0 aromatic heterocycles. The van der Waals surface area contributed by atoms with Gasteiger partial charge in [0, 0.05) is 12.7 Å². The first-order valence-corrected chi connectivity index (χ1v) is 8.92. The summed E-state index contributed by atoms with van der Waals surface area (Å²) in [4.78, 5) is -0.310. The Morgan fingerprint density at radius 1 is 1.11 bits per heavy atom. The van der Waals surface area contributed by atoms with Crippen molar-refractivity contribution < 1.29 is 35.3 Å². The second-order valence-electron chi connectivity index (χ2n) is 5.36. The van der Waals surface area contributed by atoms with Crippen LogP contribution < -0.4 is 4.74 Å². The average Bonchev–Trinajstić information content (AvgIpc) is 2.59. The van der Waals surface area contributed by atoms with Gasteiger partial charge in [-0.05, 0) is 31.2 Å². The maximum Gasteiger partial charge on any atom is 0.437 e. The van der Waals surface area contributed by atoms with Crippen molar-refractivity contribution in [2.45, 2.75) is 18.0 Å². The van der Waals surface area contributed by atoms with Crippen molar-refractivity contribution in [3.8, 4) is 5.75 Å². The van der Waals surface area contributed by atoms with Gasteiger partial charge < -0.3 is 9.47 Å². The predicted octanol–water partition coefficient (Wildman–Crippen LogP) is 3.65. The lowest BCUT2D eigenvalue weighted by molar-refractivity contribution is -0.0597. The second kappa shape index (κ2) is 8.40. The summed E-state index contributed by atoms with van der Waals surface area (Å²) in [5.74, 6) is 0.0905. The van der Waals surface area contributed by atoms with Crippen LogP contribution in [0.25, 0.3) is 0 Å². The van der Waals surface area contributed by atoms with Gasteiger partial charge in [-0.15, -0.1) is 0 Å². The highest BCUT2D eigenvalue weighted by atomic mass is 32.2. The molecule has 0 N–H and O–H groups in total. The fraction of sp³-hybridized carbons (Fsp3) is 0.235. The normalized spacial score (nSPS) is 12.7. The molecule has 0 fully saturated rings. The summed E-state index contributed by atoms with van der Waals surface area (Å²) in [6.45, 7) is 1.57. The summed E-state index contributed by atoms with van der Waals surface area (Å²) >= 11 is 0. The Morgan fingerprint density at radius 2 is 1.78 bits per heavy atom. The summed E-state index contributed by atoms with van der Waals surface area (Å²) < 4.78 is 78.3. The summed E-state index contributed by atoms with van der Waals surface area (Å²) in [5.41, 5.74) is -1.16. The van der Waals surface area contributed by atoms with Gasteiger partial charge in [0.05, 0.1) is 0 Å². The molecule has 0 saturated carbocycles. The number of hydrogen-bond donors (Lipinski definition) is 0. The molecule has 2 aromatic carbocycles. The molecule has 27 heavy (non-hydrogen) atoms. The molecule has 0 aliphatic heterocycles. The Labute approximate surface area is 154 Å². The molecule has 0 aliphatic carbocycles. The summed E-state index contributed by atoms with van der Waals surface area (Å²) in [6.07, 6.45) is -4.96. The molecular weight excluding hydrogens is 387 g/mol. The van der Waals surface area contributed by atoms with Gasteiger partial charge in [-0.1, -0.05) is 35.0 Å². The highest BCUT2D eigenvalue weighted by Gasteiger charge is 2.38. The van der Waals surface area contributed by atoms with E-state index >= 15 is 0 Å². The van der Waals surface area contributed by atoms with Crippen LogP contribution in [0.3, 0.4) is 0 Å². The minimum Gasteiger partial charge on any atom is -0.468 e. The number of methoxy groups -OCH3 is 1. The number of alkyl halides is 3. The van der Waals surface area contributed by atoms with Gasteiger partial charge in [0.15, 0.2) is 12.5 Å². The summed E-state index contributed by atoms with van der Waals surface area (Å²) in [6, 6.07) is 10.3. The van der Waals surface area contributed by atoms with Gasteiger partial charge in [-0.3, -0.25) is 4.28 Å². The maximum absolute atomic E-state index is 13.3. The molecule has 2 rings (SSSR count). The van der Waals surface area contributed by atoms with Crippen LogP contribution in [0.2, 0.25) is 0 Å². The molecule has 2 aromatic rings. The molecule has 6 nitrogen and oxygen atoms in total. The van der Waals surface area contributed by atoms with Crippen molar-refractivity contribution in [2.24, 2.45) is 5.16 Å². The van der Waals surface area contributed by atoms with Crippen LogP contribution in [0.15, 0.2) is 58.6 Å². The van der Waals surface area contributed by atoms with E-state index in [-0.39, 0.29) is 17.4 Å². The molecule has 0 spiro atoms. The van der Waals surface area contributed by atoms with Gasteiger partial charge >= 0.3 is 16.3 Å². The van der Waals surface area contributed by atoms with Crippen LogP contribution >= 0.6 is 0 Å². The fourth-order valence-electron chi connectivity index (χ4n) is 1.96. The molecule has 146 valence electrons. The minimum atomic E-state index is -4.96. The van der Waals surface area contributed by atoms with Crippen LogP contribution in [-0.2, 0) is 19.1 Å². The number of aryl methyl sites for hydroxylation is 1. The molecule has 0 heterocycles. The van der Waals surface area contributed by atoms with Gasteiger partial charge in [0.1, 0.15) is 10.6 Å². The third kappa shape index (κ3) is 5.69. The summed E-state index contributed by atoms with van der Waals surface area (Å²) in [7, 11) is -3.15. The third-order valence-corrected chi connectivity index (χ3v) is 4.38. The Kier molecular flexibility index (Phi) is 6.45. The smallest absolute Gasteiger partial charge is 0.437 e. The third-order valence-electron chi connectivity index (χ3n) is 3.26. The SMILES string of the molecule is COCOc1cccc(/C(=N\OS(=O)(=O)c2ccc(C)cc2)C(F)(F)F)c1. The number of ether oxygens (including phenoxy) is 2. The summed E-state index contributed by atoms with van der Waals surface area (Å²) in [5, 5.41) is 2.87. The zero-order valence-corrected chi connectivity index (χ0v) is 15.2. The Hall–Kier alpha value is -2.59. The number of halogens is 3. The van der Waals surface area contributed by atoms with E-state index in [0.29, 0.717) is 0 Å². The lowest BCUT2D eigenvalue weighted by atomic mass is 10.1. The Morgan fingerprint density at radius 3 is 2.37 bits per heavy atom. The maximum atomic E-state index is 13.3. The van der Waals surface area contributed by atoms with E-state index in [1.54, 1.807) is 6.92 Å². The largest absolute Gasteiger partial charge is 0.468 e. The van der Waals surface area contributed by atoms with E-state index in [9.17, 15) is 21.6 Å². The number of rotatable bonds is 7. The zero-order valence-electron chi connectivity index (χ0n) is 14.4. The number of oxime groups is 1. The zero-order chi connectivity index (χ0) is 20.1. The lowest BCUT2D eigenvalue weighted by Crippen LogP contribution is -2.25. The molecular formula is C17H16F3NO5S. The predicted molar refractivity (Wildman–Crippen MR) is 91.0 cm³/mol. The van der Waals surface area contributed by atoms with Crippen LogP contribution in [0, 0.1) is 6.92 Å². The average molecular weight is 403 g/mol. The van der Waals surface area contributed by atoms with E-state index in [0.717, 1.165) is 17.7 Å². The molecule has 0 atom stereocenters. The van der Waals surface area contributed by atoms with Crippen molar-refractivity contribution in [2.75, 3.05) is 13.9 Å². The van der Waals surface area contributed by atoms with Crippen molar-refractivity contribution in [1.29, 1.82) is 0 Å². The topological polar surface area (TPSA) is 74.2 Å². The van der Waals surface area contributed by atoms with Gasteiger partial charge in [-0.2, -0.15) is 21.6 Å². The van der Waals surface area contributed by atoms with E-state index in [1.165, 1.54) is 43.5 Å². The van der Waals surface area contributed by atoms with E-state index in [1.807, 2.05) is 0 Å². The van der Waals surface area contributed by atoms with Crippen LogP contribution in [0.4, 0.5) is 13.2 Å². The molecule has 0 radical (unpaired) electrons. The van der Waals surface area contributed by atoms with Crippen molar-refractivity contribution in [3.05, 3.63) is 59.7 Å². The standard InChI is InChI=1S/C17H16F3NO5S/c1-12-6-8-15(9-7-12)27(22,23)26-21-16(17(18,19)20)13-4-3-5-14(10-13)25-11-24-2/h3-10H,11H2,1-2H3/b21-16+. The molecule has 0 aliphatic rings. The molecule has 0 bridgehead atoms. The first-order valence-electron chi connectivity index (χ1n) is 7.51. The Balaban J connectivity index is 2.35. The highest BCUT2D eigenvalue weighted by molar-refractivity contribution is 7.86. The Bertz CT molecular complexity index is 909. The van der Waals surface area contributed by atoms with Crippen LogP contribution in [0.5, 0.6) is 5.75 Å². The molecule has 10 heteroatoms. The number of nitrogens with zero attached hydrogens (tertiary/aromatic N) is 1. The fourth-order valence-corrected chi connectivity index (χ4v) is 2.69. The molecule has 0 unspecified atom stereocenters. The number of benzene rings is 2. The van der Waals surface area contributed by atoms with Gasteiger partial charge in [0.25, 0.3) is 0 Å². The first-order chi connectivity index (χ1) is 12.6. The molecule has 0 amide bonds. The second-order valence-corrected chi connectivity index (χ2v) is 6.89. The monoisotopic (exact) mass is 403 g/mol.